The average molecular weight is 487 g/mol. The van der Waals surface area contributed by atoms with Crippen LogP contribution in [-0.4, -0.2) is 0 Å². The van der Waals surface area contributed by atoms with Crippen molar-refractivity contribution in [3.05, 3.63) is 142 Å². The Balaban J connectivity index is 1.66. The molecule has 1 heterocycles. The van der Waals surface area contributed by atoms with Crippen LogP contribution in [0.5, 0.6) is 11.5 Å². The first kappa shape index (κ1) is 18.9. The van der Waals surface area contributed by atoms with Crippen molar-refractivity contribution in [1.29, 1.82) is 0 Å². The van der Waals surface area contributed by atoms with Crippen LogP contribution in [0.1, 0.15) is 22.3 Å². The second-order valence-electron chi connectivity index (χ2n) is 8.63. The van der Waals surface area contributed by atoms with Crippen molar-refractivity contribution in [3.63, 3.8) is 0 Å². The van der Waals surface area contributed by atoms with Crippen molar-refractivity contribution < 1.29 is 4.74 Å². The standard InChI is InChI=1S/C31H19BrO/c32-27-14-8-13-25-30(27)22-18-17-21(20-9-2-1-3-10-20)19-26(22)31(25)23-11-4-6-15-28(23)33-29-16-7-5-12-24(29)31/h1-19H. The van der Waals surface area contributed by atoms with Crippen LogP contribution < -0.4 is 4.74 Å². The zero-order chi connectivity index (χ0) is 22.0. The molecule has 33 heavy (non-hydrogen) atoms. The normalized spacial score (nSPS) is 14.1. The maximum Gasteiger partial charge on any atom is 0.132 e. The third-order valence-corrected chi connectivity index (χ3v) is 7.68. The van der Waals surface area contributed by atoms with E-state index in [1.165, 1.54) is 44.5 Å². The van der Waals surface area contributed by atoms with Gasteiger partial charge in [-0.3, -0.25) is 0 Å². The molecule has 0 bridgehead atoms. The molecule has 1 spiro atoms. The van der Waals surface area contributed by atoms with Crippen molar-refractivity contribution in [2.75, 3.05) is 0 Å². The Morgan fingerprint density at radius 1 is 0.515 bits per heavy atom. The number of fused-ring (bicyclic) bond motifs is 9. The first-order valence-electron chi connectivity index (χ1n) is 11.1. The largest absolute Gasteiger partial charge is 0.457 e. The molecular weight excluding hydrogens is 468 g/mol. The fourth-order valence-electron chi connectivity index (χ4n) is 5.71. The number of hydrogen-bond donors (Lipinski definition) is 0. The van der Waals surface area contributed by atoms with Gasteiger partial charge in [-0.2, -0.15) is 0 Å². The SMILES string of the molecule is Brc1cccc2c1-c1ccc(-c3ccccc3)cc1C21c2ccccc2Oc2ccccc21. The first-order valence-corrected chi connectivity index (χ1v) is 11.9. The van der Waals surface area contributed by atoms with Crippen LogP contribution in [0.3, 0.4) is 0 Å². The molecular formula is C31H19BrO. The summed E-state index contributed by atoms with van der Waals surface area (Å²) in [6.07, 6.45) is 0. The molecule has 2 aliphatic rings. The maximum absolute atomic E-state index is 6.43. The summed E-state index contributed by atoms with van der Waals surface area (Å²) < 4.78 is 7.55. The molecule has 0 fully saturated rings. The smallest absolute Gasteiger partial charge is 0.132 e. The summed E-state index contributed by atoms with van der Waals surface area (Å²) in [6, 6.07) is 41.1. The molecule has 0 N–H and O–H groups in total. The molecule has 1 aliphatic carbocycles. The predicted molar refractivity (Wildman–Crippen MR) is 137 cm³/mol. The van der Waals surface area contributed by atoms with Crippen LogP contribution in [0, 0.1) is 0 Å². The summed E-state index contributed by atoms with van der Waals surface area (Å²) in [5.41, 5.74) is 9.50. The van der Waals surface area contributed by atoms with E-state index in [2.05, 4.69) is 131 Å². The van der Waals surface area contributed by atoms with Gasteiger partial charge in [0.15, 0.2) is 0 Å². The molecule has 0 saturated heterocycles. The summed E-state index contributed by atoms with van der Waals surface area (Å²) >= 11 is 3.88. The molecule has 2 heteroatoms. The molecule has 7 rings (SSSR count). The molecule has 0 atom stereocenters. The highest BCUT2D eigenvalue weighted by Gasteiger charge is 2.51. The Labute approximate surface area is 201 Å². The van der Waals surface area contributed by atoms with E-state index in [0.717, 1.165) is 16.0 Å². The number of hydrogen-bond acceptors (Lipinski definition) is 1. The molecule has 1 nitrogen and oxygen atoms in total. The average Bonchev–Trinajstić information content (AvgIpc) is 3.16. The highest BCUT2D eigenvalue weighted by Crippen LogP contribution is 2.63. The van der Waals surface area contributed by atoms with Gasteiger partial charge in [-0.05, 0) is 52.1 Å². The molecule has 0 radical (unpaired) electrons. The van der Waals surface area contributed by atoms with Gasteiger partial charge in [0.2, 0.25) is 0 Å². The molecule has 5 aromatic rings. The number of ether oxygens (including phenoxy) is 1. The lowest BCUT2D eigenvalue weighted by molar-refractivity contribution is 0.436. The number of para-hydroxylation sites is 2. The highest BCUT2D eigenvalue weighted by molar-refractivity contribution is 9.10. The summed E-state index contributed by atoms with van der Waals surface area (Å²) in [7, 11) is 0. The van der Waals surface area contributed by atoms with E-state index >= 15 is 0 Å². The maximum atomic E-state index is 6.43. The number of benzene rings is 5. The second kappa shape index (κ2) is 6.94. The van der Waals surface area contributed by atoms with E-state index in [9.17, 15) is 0 Å². The minimum Gasteiger partial charge on any atom is -0.457 e. The quantitative estimate of drug-likeness (QED) is 0.225. The lowest BCUT2D eigenvalue weighted by atomic mass is 9.66. The van der Waals surface area contributed by atoms with Gasteiger partial charge >= 0.3 is 0 Å². The minimum absolute atomic E-state index is 0.440. The lowest BCUT2D eigenvalue weighted by Gasteiger charge is -2.39. The van der Waals surface area contributed by atoms with Gasteiger partial charge in [-0.25, -0.2) is 0 Å². The van der Waals surface area contributed by atoms with Crippen LogP contribution in [0.4, 0.5) is 0 Å². The lowest BCUT2D eigenvalue weighted by Crippen LogP contribution is -2.32. The Morgan fingerprint density at radius 3 is 1.88 bits per heavy atom. The Bertz CT molecular complexity index is 1510. The van der Waals surface area contributed by atoms with E-state index in [1.54, 1.807) is 0 Å². The highest BCUT2D eigenvalue weighted by atomic mass is 79.9. The van der Waals surface area contributed by atoms with Gasteiger partial charge in [0, 0.05) is 21.2 Å². The van der Waals surface area contributed by atoms with Crippen LogP contribution in [-0.2, 0) is 5.41 Å². The minimum atomic E-state index is -0.440. The van der Waals surface area contributed by atoms with Crippen LogP contribution in [0.2, 0.25) is 0 Å². The summed E-state index contributed by atoms with van der Waals surface area (Å²) in [4.78, 5) is 0. The van der Waals surface area contributed by atoms with Gasteiger partial charge in [-0.1, -0.05) is 107 Å². The Kier molecular flexibility index (Phi) is 3.97. The van der Waals surface area contributed by atoms with Crippen LogP contribution >= 0.6 is 15.9 Å². The summed E-state index contributed by atoms with van der Waals surface area (Å²) in [5, 5.41) is 0. The van der Waals surface area contributed by atoms with Crippen LogP contribution in [0.25, 0.3) is 22.3 Å². The zero-order valence-corrected chi connectivity index (χ0v) is 19.3. The first-order chi connectivity index (χ1) is 16.3. The van der Waals surface area contributed by atoms with Crippen molar-refractivity contribution in [2.45, 2.75) is 5.41 Å². The fraction of sp³-hybridized carbons (Fsp3) is 0.0323. The van der Waals surface area contributed by atoms with Gasteiger partial charge in [0.1, 0.15) is 11.5 Å². The molecule has 0 saturated carbocycles. The number of halogens is 1. The van der Waals surface area contributed by atoms with E-state index < -0.39 is 5.41 Å². The van der Waals surface area contributed by atoms with Crippen LogP contribution in [0.15, 0.2) is 120 Å². The zero-order valence-electron chi connectivity index (χ0n) is 17.8. The molecule has 0 amide bonds. The third-order valence-electron chi connectivity index (χ3n) is 7.02. The molecule has 5 aromatic carbocycles. The van der Waals surface area contributed by atoms with Crippen molar-refractivity contribution in [2.24, 2.45) is 0 Å². The van der Waals surface area contributed by atoms with E-state index in [0.29, 0.717) is 0 Å². The van der Waals surface area contributed by atoms with Crippen molar-refractivity contribution >= 4 is 15.9 Å². The van der Waals surface area contributed by atoms with E-state index in [1.807, 2.05) is 0 Å². The van der Waals surface area contributed by atoms with E-state index in [4.69, 9.17) is 4.74 Å². The topological polar surface area (TPSA) is 9.23 Å². The van der Waals surface area contributed by atoms with Gasteiger partial charge in [0.05, 0.1) is 5.41 Å². The van der Waals surface area contributed by atoms with Gasteiger partial charge < -0.3 is 4.74 Å². The summed E-state index contributed by atoms with van der Waals surface area (Å²) in [6.45, 7) is 0. The second-order valence-corrected chi connectivity index (χ2v) is 9.49. The van der Waals surface area contributed by atoms with Gasteiger partial charge in [0.25, 0.3) is 0 Å². The molecule has 1 aliphatic heterocycles. The molecule has 0 unspecified atom stereocenters. The Morgan fingerprint density at radius 2 is 1.15 bits per heavy atom. The Hall–Kier alpha value is -3.62. The van der Waals surface area contributed by atoms with Crippen molar-refractivity contribution in [3.8, 4) is 33.8 Å². The predicted octanol–water partition coefficient (Wildman–Crippen LogP) is 8.58. The summed E-state index contributed by atoms with van der Waals surface area (Å²) in [5.74, 6) is 1.83. The number of rotatable bonds is 1. The van der Waals surface area contributed by atoms with E-state index in [-0.39, 0.29) is 0 Å². The van der Waals surface area contributed by atoms with Crippen molar-refractivity contribution in [1.82, 2.24) is 0 Å². The molecule has 0 aromatic heterocycles. The fourth-order valence-corrected chi connectivity index (χ4v) is 6.29. The molecule has 156 valence electrons. The van der Waals surface area contributed by atoms with Gasteiger partial charge in [-0.15, -0.1) is 0 Å². The third kappa shape index (κ3) is 2.47. The monoisotopic (exact) mass is 486 g/mol.